The Kier molecular flexibility index (Phi) is 6.09. The fourth-order valence-electron chi connectivity index (χ4n) is 3.65. The minimum absolute atomic E-state index is 0.0565. The monoisotopic (exact) mass is 443 g/mol. The Morgan fingerprint density at radius 2 is 1.57 bits per heavy atom. The number of rotatable bonds is 4. The van der Waals surface area contributed by atoms with Crippen LogP contribution in [0.1, 0.15) is 36.0 Å². The average Bonchev–Trinajstić information content (AvgIpc) is 3.04. The Hall–Kier alpha value is -2.41. The van der Waals surface area contributed by atoms with E-state index in [1.165, 1.54) is 22.5 Å². The molecule has 1 saturated heterocycles. The van der Waals surface area contributed by atoms with Crippen LogP contribution in [0, 0.1) is 0 Å². The SMILES string of the molecule is O=C(Oc1ccc2ccccc2c1)c1ccc(Cl)c(S(=O)(=O)N2CCCCCC2)c1. The van der Waals surface area contributed by atoms with Gasteiger partial charge in [0.25, 0.3) is 0 Å². The fraction of sp³-hybridized carbons (Fsp3) is 0.261. The molecule has 0 aliphatic carbocycles. The van der Waals surface area contributed by atoms with E-state index in [1.807, 2.05) is 30.3 Å². The lowest BCUT2D eigenvalue weighted by Crippen LogP contribution is -2.32. The zero-order chi connectivity index (χ0) is 21.1. The standard InChI is InChI=1S/C23H22ClNO4S/c24-21-12-10-19(16-22(21)30(27,28)25-13-5-1-2-6-14-25)23(26)29-20-11-9-17-7-3-4-8-18(17)15-20/h3-4,7-12,15-16H,1-2,5-6,13-14H2. The summed E-state index contributed by atoms with van der Waals surface area (Å²) >= 11 is 6.21. The molecule has 156 valence electrons. The van der Waals surface area contributed by atoms with Gasteiger partial charge in [-0.15, -0.1) is 0 Å². The van der Waals surface area contributed by atoms with Gasteiger partial charge in [-0.2, -0.15) is 4.31 Å². The maximum Gasteiger partial charge on any atom is 0.343 e. The van der Waals surface area contributed by atoms with Gasteiger partial charge in [0.2, 0.25) is 10.0 Å². The number of fused-ring (bicyclic) bond motifs is 1. The van der Waals surface area contributed by atoms with Crippen LogP contribution in [0.4, 0.5) is 0 Å². The van der Waals surface area contributed by atoms with Gasteiger partial charge in [0, 0.05) is 13.1 Å². The largest absolute Gasteiger partial charge is 0.423 e. The number of benzene rings is 3. The van der Waals surface area contributed by atoms with Gasteiger partial charge in [-0.3, -0.25) is 0 Å². The van der Waals surface area contributed by atoms with Crippen molar-refractivity contribution in [2.75, 3.05) is 13.1 Å². The molecule has 0 bridgehead atoms. The molecule has 0 spiro atoms. The summed E-state index contributed by atoms with van der Waals surface area (Å²) in [7, 11) is -3.78. The van der Waals surface area contributed by atoms with Crippen LogP contribution in [0.3, 0.4) is 0 Å². The second kappa shape index (κ2) is 8.76. The van der Waals surface area contributed by atoms with E-state index in [0.29, 0.717) is 18.8 Å². The smallest absolute Gasteiger partial charge is 0.343 e. The molecule has 0 unspecified atom stereocenters. The van der Waals surface area contributed by atoms with Crippen LogP contribution in [-0.2, 0) is 10.0 Å². The van der Waals surface area contributed by atoms with Crippen LogP contribution in [0.5, 0.6) is 5.75 Å². The van der Waals surface area contributed by atoms with Gasteiger partial charge in [-0.1, -0.05) is 54.8 Å². The van der Waals surface area contributed by atoms with Gasteiger partial charge in [0.1, 0.15) is 10.6 Å². The molecule has 1 heterocycles. The van der Waals surface area contributed by atoms with Crippen LogP contribution >= 0.6 is 11.6 Å². The summed E-state index contributed by atoms with van der Waals surface area (Å²) in [6.45, 7) is 0.925. The number of carbonyl (C=O) groups is 1. The van der Waals surface area contributed by atoms with Gasteiger partial charge < -0.3 is 4.74 Å². The first-order valence-electron chi connectivity index (χ1n) is 9.96. The Bertz CT molecular complexity index is 1180. The number of nitrogens with zero attached hydrogens (tertiary/aromatic N) is 1. The van der Waals surface area contributed by atoms with Gasteiger partial charge >= 0.3 is 5.97 Å². The number of carbonyl (C=O) groups excluding carboxylic acids is 1. The lowest BCUT2D eigenvalue weighted by Gasteiger charge is -2.21. The van der Waals surface area contributed by atoms with E-state index in [2.05, 4.69) is 0 Å². The highest BCUT2D eigenvalue weighted by Crippen LogP contribution is 2.28. The minimum atomic E-state index is -3.78. The van der Waals surface area contributed by atoms with Gasteiger partial charge in [0.15, 0.2) is 0 Å². The molecule has 0 saturated carbocycles. The van der Waals surface area contributed by atoms with E-state index in [1.54, 1.807) is 12.1 Å². The first-order valence-corrected chi connectivity index (χ1v) is 11.8. The topological polar surface area (TPSA) is 63.7 Å². The Labute approximate surface area is 181 Å². The Morgan fingerprint density at radius 1 is 0.867 bits per heavy atom. The number of ether oxygens (including phenoxy) is 1. The molecule has 1 aliphatic heterocycles. The van der Waals surface area contributed by atoms with Crippen molar-refractivity contribution in [2.24, 2.45) is 0 Å². The Balaban J connectivity index is 1.60. The molecule has 0 amide bonds. The summed E-state index contributed by atoms with van der Waals surface area (Å²) in [5, 5.41) is 2.08. The van der Waals surface area contributed by atoms with Crippen molar-refractivity contribution >= 4 is 38.4 Å². The van der Waals surface area contributed by atoms with Crippen LogP contribution in [0.2, 0.25) is 5.02 Å². The van der Waals surface area contributed by atoms with Crippen molar-refractivity contribution in [3.8, 4) is 5.75 Å². The zero-order valence-electron chi connectivity index (χ0n) is 16.4. The molecule has 7 heteroatoms. The lowest BCUT2D eigenvalue weighted by atomic mass is 10.1. The van der Waals surface area contributed by atoms with Crippen molar-refractivity contribution in [1.82, 2.24) is 4.31 Å². The van der Waals surface area contributed by atoms with Crippen LogP contribution in [0.15, 0.2) is 65.6 Å². The molecule has 0 N–H and O–H groups in total. The highest BCUT2D eigenvalue weighted by molar-refractivity contribution is 7.89. The first kappa shape index (κ1) is 20.8. The number of esters is 1. The maximum atomic E-state index is 13.1. The fourth-order valence-corrected chi connectivity index (χ4v) is 5.66. The number of halogens is 1. The third-order valence-electron chi connectivity index (χ3n) is 5.28. The van der Waals surface area contributed by atoms with E-state index >= 15 is 0 Å². The first-order chi connectivity index (χ1) is 14.4. The molecule has 3 aromatic rings. The van der Waals surface area contributed by atoms with E-state index in [0.717, 1.165) is 36.5 Å². The molecular formula is C23H22ClNO4S. The van der Waals surface area contributed by atoms with Gasteiger partial charge in [-0.25, -0.2) is 13.2 Å². The second-order valence-electron chi connectivity index (χ2n) is 7.36. The molecule has 0 atom stereocenters. The van der Waals surface area contributed by atoms with Gasteiger partial charge in [-0.05, 0) is 53.9 Å². The third kappa shape index (κ3) is 4.36. The van der Waals surface area contributed by atoms with E-state index in [-0.39, 0.29) is 15.5 Å². The summed E-state index contributed by atoms with van der Waals surface area (Å²) in [5.74, 6) is -0.236. The molecule has 30 heavy (non-hydrogen) atoms. The molecule has 1 fully saturated rings. The predicted octanol–water partition coefficient (Wildman–Crippen LogP) is 5.28. The van der Waals surface area contributed by atoms with Crippen molar-refractivity contribution in [2.45, 2.75) is 30.6 Å². The quantitative estimate of drug-likeness (QED) is 0.406. The molecule has 5 nitrogen and oxygen atoms in total. The summed E-state index contributed by atoms with van der Waals surface area (Å²) in [6.07, 6.45) is 3.66. The average molecular weight is 444 g/mol. The van der Waals surface area contributed by atoms with Crippen LogP contribution in [0.25, 0.3) is 10.8 Å². The van der Waals surface area contributed by atoms with Crippen molar-refractivity contribution < 1.29 is 17.9 Å². The van der Waals surface area contributed by atoms with Crippen molar-refractivity contribution in [3.63, 3.8) is 0 Å². The third-order valence-corrected chi connectivity index (χ3v) is 7.66. The van der Waals surface area contributed by atoms with Gasteiger partial charge in [0.05, 0.1) is 10.6 Å². The Morgan fingerprint density at radius 3 is 2.30 bits per heavy atom. The normalized spacial score (nSPS) is 15.6. The molecule has 0 radical (unpaired) electrons. The minimum Gasteiger partial charge on any atom is -0.423 e. The van der Waals surface area contributed by atoms with E-state index in [4.69, 9.17) is 16.3 Å². The molecule has 3 aromatic carbocycles. The molecule has 1 aliphatic rings. The number of sulfonamides is 1. The second-order valence-corrected chi connectivity index (χ2v) is 9.68. The maximum absolute atomic E-state index is 13.1. The summed E-state index contributed by atoms with van der Waals surface area (Å²) in [6, 6.07) is 17.3. The molecule has 4 rings (SSSR count). The van der Waals surface area contributed by atoms with Crippen molar-refractivity contribution in [1.29, 1.82) is 0 Å². The summed E-state index contributed by atoms with van der Waals surface area (Å²) < 4.78 is 33.2. The molecular weight excluding hydrogens is 422 g/mol. The highest BCUT2D eigenvalue weighted by atomic mass is 35.5. The zero-order valence-corrected chi connectivity index (χ0v) is 18.0. The van der Waals surface area contributed by atoms with E-state index in [9.17, 15) is 13.2 Å². The van der Waals surface area contributed by atoms with Crippen LogP contribution in [-0.4, -0.2) is 31.8 Å². The number of hydrogen-bond donors (Lipinski definition) is 0. The van der Waals surface area contributed by atoms with Crippen LogP contribution < -0.4 is 4.74 Å². The number of hydrogen-bond acceptors (Lipinski definition) is 4. The summed E-state index contributed by atoms with van der Waals surface area (Å²) in [4.78, 5) is 12.6. The van der Waals surface area contributed by atoms with E-state index < -0.39 is 16.0 Å². The lowest BCUT2D eigenvalue weighted by molar-refractivity contribution is 0.0734. The predicted molar refractivity (Wildman–Crippen MR) is 118 cm³/mol. The molecule has 0 aromatic heterocycles. The highest BCUT2D eigenvalue weighted by Gasteiger charge is 2.28. The van der Waals surface area contributed by atoms with Crippen molar-refractivity contribution in [3.05, 3.63) is 71.2 Å². The summed E-state index contributed by atoms with van der Waals surface area (Å²) in [5.41, 5.74) is 0.140.